The van der Waals surface area contributed by atoms with E-state index in [0.29, 0.717) is 11.1 Å². The number of nitrogens with one attached hydrogen (secondary N) is 2. The average Bonchev–Trinajstić information content (AvgIpc) is 2.64. The summed E-state index contributed by atoms with van der Waals surface area (Å²) in [6.45, 7) is 3.36. The Morgan fingerprint density at radius 3 is 1.59 bits per heavy atom. The lowest BCUT2D eigenvalue weighted by Gasteiger charge is -2.16. The molecule has 0 aromatic heterocycles. The quantitative estimate of drug-likeness (QED) is 0.516. The van der Waals surface area contributed by atoms with E-state index < -0.39 is 20.0 Å². The van der Waals surface area contributed by atoms with Gasteiger partial charge in [0.2, 0.25) is 0 Å². The number of hydrogen-bond donors (Lipinski definition) is 3. The van der Waals surface area contributed by atoms with Gasteiger partial charge in [-0.1, -0.05) is 36.4 Å². The van der Waals surface area contributed by atoms with Crippen molar-refractivity contribution >= 4 is 37.1 Å². The predicted octanol–water partition coefficient (Wildman–Crippen LogP) is 3.49. The maximum atomic E-state index is 12.8. The van der Waals surface area contributed by atoms with Crippen LogP contribution in [-0.2, 0) is 20.0 Å². The minimum atomic E-state index is -3.95. The SMILES string of the molecule is Cc1ccccc1S(=O)(=O)Nc1ccc(N)cc1NS(=O)(=O)c1ccccc1C. The lowest BCUT2D eigenvalue weighted by molar-refractivity contribution is 0.598. The highest BCUT2D eigenvalue weighted by atomic mass is 32.2. The van der Waals surface area contributed by atoms with Gasteiger partial charge in [-0.3, -0.25) is 9.44 Å². The zero-order chi connectivity index (χ0) is 21.2. The Balaban J connectivity index is 2.01. The van der Waals surface area contributed by atoms with Crippen LogP contribution in [0.25, 0.3) is 0 Å². The summed E-state index contributed by atoms with van der Waals surface area (Å²) in [5, 5.41) is 0. The highest BCUT2D eigenvalue weighted by Gasteiger charge is 2.22. The van der Waals surface area contributed by atoms with E-state index in [0.717, 1.165) is 0 Å². The smallest absolute Gasteiger partial charge is 0.262 e. The van der Waals surface area contributed by atoms with Gasteiger partial charge in [-0.15, -0.1) is 0 Å². The van der Waals surface area contributed by atoms with E-state index in [1.165, 1.54) is 30.3 Å². The van der Waals surface area contributed by atoms with Crippen molar-refractivity contribution in [3.63, 3.8) is 0 Å². The van der Waals surface area contributed by atoms with Crippen LogP contribution in [0, 0.1) is 13.8 Å². The molecule has 0 atom stereocenters. The number of hydrogen-bond acceptors (Lipinski definition) is 5. The third-order valence-corrected chi connectivity index (χ3v) is 7.35. The Labute approximate surface area is 170 Å². The number of nitrogen functional groups attached to an aromatic ring is 1. The normalized spacial score (nSPS) is 11.8. The second kappa shape index (κ2) is 7.76. The summed E-state index contributed by atoms with van der Waals surface area (Å²) in [7, 11) is -7.89. The highest BCUT2D eigenvalue weighted by Crippen LogP contribution is 2.30. The second-order valence-corrected chi connectivity index (χ2v) is 9.85. The second-order valence-electron chi connectivity index (χ2n) is 6.55. The monoisotopic (exact) mass is 431 g/mol. The van der Waals surface area contributed by atoms with E-state index in [2.05, 4.69) is 9.44 Å². The van der Waals surface area contributed by atoms with Crippen LogP contribution in [0.5, 0.6) is 0 Å². The lowest BCUT2D eigenvalue weighted by Crippen LogP contribution is -2.19. The molecular weight excluding hydrogens is 410 g/mol. The zero-order valence-electron chi connectivity index (χ0n) is 15.9. The van der Waals surface area contributed by atoms with Crippen LogP contribution >= 0.6 is 0 Å². The van der Waals surface area contributed by atoms with Crippen molar-refractivity contribution in [2.24, 2.45) is 0 Å². The van der Waals surface area contributed by atoms with Gasteiger partial charge in [-0.2, -0.15) is 0 Å². The van der Waals surface area contributed by atoms with Gasteiger partial charge in [0.25, 0.3) is 20.0 Å². The van der Waals surface area contributed by atoms with Crippen molar-refractivity contribution in [3.05, 3.63) is 77.9 Å². The van der Waals surface area contributed by atoms with E-state index in [-0.39, 0.29) is 26.9 Å². The molecule has 3 rings (SSSR count). The number of rotatable bonds is 6. The minimum Gasteiger partial charge on any atom is -0.399 e. The molecule has 0 bridgehead atoms. The Hall–Kier alpha value is -3.04. The summed E-state index contributed by atoms with van der Waals surface area (Å²) in [5.74, 6) is 0. The standard InChI is InChI=1S/C20H21N3O4S2/c1-14-7-3-5-9-19(14)28(24,25)22-17-12-11-16(21)13-18(17)23-29(26,27)20-10-6-4-8-15(20)2/h3-13,22-23H,21H2,1-2H3. The molecule has 0 saturated carbocycles. The first-order valence-corrected chi connectivity index (χ1v) is 11.6. The van der Waals surface area contributed by atoms with Crippen molar-refractivity contribution in [1.29, 1.82) is 0 Å². The van der Waals surface area contributed by atoms with Crippen molar-refractivity contribution < 1.29 is 16.8 Å². The number of nitrogens with two attached hydrogens (primary N) is 1. The van der Waals surface area contributed by atoms with Gasteiger partial charge >= 0.3 is 0 Å². The molecule has 0 fully saturated rings. The Bertz CT molecular complexity index is 1270. The summed E-state index contributed by atoms with van der Waals surface area (Å²) in [5.41, 5.74) is 7.32. The van der Waals surface area contributed by atoms with Crippen molar-refractivity contribution in [3.8, 4) is 0 Å². The molecule has 152 valence electrons. The van der Waals surface area contributed by atoms with E-state index in [1.54, 1.807) is 50.2 Å². The fourth-order valence-corrected chi connectivity index (χ4v) is 5.50. The molecule has 29 heavy (non-hydrogen) atoms. The molecule has 7 nitrogen and oxygen atoms in total. The van der Waals surface area contributed by atoms with Crippen molar-refractivity contribution in [2.45, 2.75) is 23.6 Å². The van der Waals surface area contributed by atoms with Gasteiger partial charge < -0.3 is 5.73 Å². The number of benzene rings is 3. The number of sulfonamides is 2. The van der Waals surface area contributed by atoms with Crippen molar-refractivity contribution in [2.75, 3.05) is 15.2 Å². The summed E-state index contributed by atoms with van der Waals surface area (Å²) in [4.78, 5) is 0.194. The molecular formula is C20H21N3O4S2. The molecule has 4 N–H and O–H groups in total. The largest absolute Gasteiger partial charge is 0.399 e. The van der Waals surface area contributed by atoms with Crippen LogP contribution in [0.15, 0.2) is 76.5 Å². The topological polar surface area (TPSA) is 118 Å². The first kappa shape index (κ1) is 20.7. The third-order valence-electron chi connectivity index (χ3n) is 4.30. The fraction of sp³-hybridized carbons (Fsp3) is 0.100. The molecule has 0 aliphatic carbocycles. The van der Waals surface area contributed by atoms with Crippen molar-refractivity contribution in [1.82, 2.24) is 0 Å². The zero-order valence-corrected chi connectivity index (χ0v) is 17.5. The minimum absolute atomic E-state index is 0.0328. The van der Waals surface area contributed by atoms with E-state index in [1.807, 2.05) is 0 Å². The van der Waals surface area contributed by atoms with Gasteiger partial charge in [0, 0.05) is 5.69 Å². The van der Waals surface area contributed by atoms with Gasteiger partial charge in [-0.05, 0) is 55.3 Å². The Morgan fingerprint density at radius 2 is 1.10 bits per heavy atom. The summed E-state index contributed by atoms with van der Waals surface area (Å²) in [6, 6.07) is 17.3. The molecule has 3 aromatic rings. The first-order chi connectivity index (χ1) is 13.6. The van der Waals surface area contributed by atoms with Crippen LogP contribution in [0.4, 0.5) is 17.1 Å². The van der Waals surface area contributed by atoms with E-state index in [4.69, 9.17) is 5.73 Å². The number of anilines is 3. The number of aryl methyl sites for hydroxylation is 2. The molecule has 3 aromatic carbocycles. The van der Waals surface area contributed by atoms with Gasteiger partial charge in [-0.25, -0.2) is 16.8 Å². The maximum Gasteiger partial charge on any atom is 0.262 e. The lowest BCUT2D eigenvalue weighted by atomic mass is 10.2. The summed E-state index contributed by atoms with van der Waals surface area (Å²) in [6.07, 6.45) is 0. The van der Waals surface area contributed by atoms with Crippen LogP contribution in [0.1, 0.15) is 11.1 Å². The molecule has 0 spiro atoms. The maximum absolute atomic E-state index is 12.8. The average molecular weight is 432 g/mol. The summed E-state index contributed by atoms with van der Waals surface area (Å²) < 4.78 is 56.2. The third kappa shape index (κ3) is 4.52. The van der Waals surface area contributed by atoms with E-state index in [9.17, 15) is 16.8 Å². The van der Waals surface area contributed by atoms with Gasteiger partial charge in [0.05, 0.1) is 21.2 Å². The fourth-order valence-electron chi connectivity index (χ4n) is 2.85. The Kier molecular flexibility index (Phi) is 5.54. The van der Waals surface area contributed by atoms with Crippen LogP contribution in [0.3, 0.4) is 0 Å². The molecule has 0 heterocycles. The summed E-state index contributed by atoms with van der Waals surface area (Å²) >= 11 is 0. The molecule has 0 aliphatic rings. The van der Waals surface area contributed by atoms with Gasteiger partial charge in [0.1, 0.15) is 0 Å². The molecule has 0 aliphatic heterocycles. The molecule has 0 unspecified atom stereocenters. The van der Waals surface area contributed by atoms with Crippen LogP contribution in [-0.4, -0.2) is 16.8 Å². The first-order valence-electron chi connectivity index (χ1n) is 8.66. The Morgan fingerprint density at radius 1 is 0.655 bits per heavy atom. The molecule has 0 saturated heterocycles. The predicted molar refractivity (Wildman–Crippen MR) is 115 cm³/mol. The molecule has 0 radical (unpaired) electrons. The molecule has 0 amide bonds. The highest BCUT2D eigenvalue weighted by molar-refractivity contribution is 7.93. The van der Waals surface area contributed by atoms with E-state index >= 15 is 0 Å². The van der Waals surface area contributed by atoms with Gasteiger partial charge in [0.15, 0.2) is 0 Å². The van der Waals surface area contributed by atoms with Crippen LogP contribution < -0.4 is 15.2 Å². The van der Waals surface area contributed by atoms with Crippen LogP contribution in [0.2, 0.25) is 0 Å². The molecule has 9 heteroatoms.